The van der Waals surface area contributed by atoms with Gasteiger partial charge in [-0.05, 0) is 46.9 Å². The van der Waals surface area contributed by atoms with Gasteiger partial charge in [0.05, 0.1) is 0 Å². The molecule has 29 heavy (non-hydrogen) atoms. The third kappa shape index (κ3) is 7.04. The molecule has 0 aliphatic rings. The Kier molecular flexibility index (Phi) is 8.58. The summed E-state index contributed by atoms with van der Waals surface area (Å²) in [6, 6.07) is 12.0. The van der Waals surface area contributed by atoms with Crippen LogP contribution in [0.15, 0.2) is 36.4 Å². The third-order valence-corrected chi connectivity index (χ3v) is 5.33. The summed E-state index contributed by atoms with van der Waals surface area (Å²) in [5.74, 6) is 0. The van der Waals surface area contributed by atoms with Crippen molar-refractivity contribution >= 4 is 7.82 Å². The van der Waals surface area contributed by atoms with E-state index in [0.717, 1.165) is 33.4 Å². The van der Waals surface area contributed by atoms with Crippen molar-refractivity contribution in [2.75, 3.05) is 0 Å². The van der Waals surface area contributed by atoms with Crippen LogP contribution in [-0.4, -0.2) is 9.79 Å². The minimum Gasteiger partial charge on any atom is -1.00 e. The van der Waals surface area contributed by atoms with Crippen LogP contribution in [0.3, 0.4) is 0 Å². The molecule has 0 saturated heterocycles. The Morgan fingerprint density at radius 2 is 1.17 bits per heavy atom. The van der Waals surface area contributed by atoms with Crippen molar-refractivity contribution in [1.29, 1.82) is 0 Å². The second-order valence-electron chi connectivity index (χ2n) is 9.66. The van der Waals surface area contributed by atoms with E-state index in [-0.39, 0.29) is 41.8 Å². The van der Waals surface area contributed by atoms with E-state index in [1.165, 1.54) is 0 Å². The van der Waals surface area contributed by atoms with Gasteiger partial charge in [-0.1, -0.05) is 89.1 Å². The number of benzene rings is 2. The van der Waals surface area contributed by atoms with Gasteiger partial charge in [-0.25, -0.2) is 4.57 Å². The van der Waals surface area contributed by atoms with E-state index in [2.05, 4.69) is 53.7 Å². The van der Waals surface area contributed by atoms with Crippen molar-refractivity contribution in [3.8, 4) is 0 Å². The molecule has 2 aromatic rings. The smallest absolute Gasteiger partial charge is 1.00 e. The summed E-state index contributed by atoms with van der Waals surface area (Å²) in [6.45, 7) is 16.6. The first-order valence-corrected chi connectivity index (χ1v) is 11.1. The normalized spacial score (nSPS) is 12.8. The maximum Gasteiger partial charge on any atom is 1.00 e. The van der Waals surface area contributed by atoms with Crippen molar-refractivity contribution in [3.05, 3.63) is 69.8 Å². The largest absolute Gasteiger partial charge is 1.00 e. The van der Waals surface area contributed by atoms with E-state index in [1.54, 1.807) is 0 Å². The van der Waals surface area contributed by atoms with Crippen LogP contribution in [0, 0.1) is 13.8 Å². The standard InChI is InChI=1S/C23H33O4P.Na.H/c1-15-9-11-17(19(13-15)22(3,4)5)21(27-28(24,25)26)18-12-10-16(2)14-20(18)23(6,7)8;;/h9-14,21H,1-8H3,(H2,24,25,26);;/q;+1;-1. The first-order valence-electron chi connectivity index (χ1n) is 9.55. The fraction of sp³-hybridized carbons (Fsp3) is 0.478. The van der Waals surface area contributed by atoms with Crippen molar-refractivity contribution in [3.63, 3.8) is 0 Å². The van der Waals surface area contributed by atoms with Gasteiger partial charge in [0.2, 0.25) is 0 Å². The molecule has 0 saturated carbocycles. The van der Waals surface area contributed by atoms with Crippen molar-refractivity contribution in [2.45, 2.75) is 72.3 Å². The van der Waals surface area contributed by atoms with E-state index in [0.29, 0.717) is 0 Å². The quantitative estimate of drug-likeness (QED) is 0.580. The Bertz CT molecular complexity index is 847. The van der Waals surface area contributed by atoms with E-state index in [9.17, 15) is 14.4 Å². The molecule has 0 atom stereocenters. The van der Waals surface area contributed by atoms with E-state index in [4.69, 9.17) is 4.52 Å². The Labute approximate surface area is 199 Å². The van der Waals surface area contributed by atoms with Gasteiger partial charge in [-0.3, -0.25) is 4.52 Å². The molecule has 0 fully saturated rings. The van der Waals surface area contributed by atoms with Gasteiger partial charge < -0.3 is 11.2 Å². The zero-order chi connectivity index (χ0) is 21.5. The predicted octanol–water partition coefficient (Wildman–Crippen LogP) is 3.21. The molecule has 0 aromatic heterocycles. The van der Waals surface area contributed by atoms with Gasteiger partial charge in [0.25, 0.3) is 0 Å². The van der Waals surface area contributed by atoms with Crippen LogP contribution in [0.5, 0.6) is 0 Å². The van der Waals surface area contributed by atoms with Gasteiger partial charge in [0.1, 0.15) is 6.10 Å². The molecule has 2 N–H and O–H groups in total. The summed E-state index contributed by atoms with van der Waals surface area (Å²) >= 11 is 0. The molecular weight excluding hydrogens is 394 g/mol. The molecule has 2 aromatic carbocycles. The van der Waals surface area contributed by atoms with Gasteiger partial charge in [-0.2, -0.15) is 0 Å². The van der Waals surface area contributed by atoms with Crippen molar-refractivity contribution in [1.82, 2.24) is 0 Å². The second kappa shape index (κ2) is 9.36. The molecule has 0 heterocycles. The number of aryl methyl sites for hydroxylation is 2. The third-order valence-electron chi connectivity index (χ3n) is 4.84. The van der Waals surface area contributed by atoms with E-state index < -0.39 is 13.9 Å². The second-order valence-corrected chi connectivity index (χ2v) is 10.8. The Hall–Kier alpha value is -0.450. The molecule has 0 bridgehead atoms. The molecule has 0 amide bonds. The zero-order valence-electron chi connectivity index (χ0n) is 20.2. The van der Waals surface area contributed by atoms with Crippen LogP contribution in [0.1, 0.15) is 82.5 Å². The Morgan fingerprint density at radius 3 is 1.45 bits per heavy atom. The van der Waals surface area contributed by atoms with Crippen LogP contribution in [0.4, 0.5) is 0 Å². The minimum absolute atomic E-state index is 0. The SMILES string of the molecule is Cc1ccc(C(OP(=O)(O)O)c2ccc(C)cc2C(C)(C)C)c(C(C)(C)C)c1.[H-].[Na+]. The zero-order valence-corrected chi connectivity index (χ0v) is 22.1. The number of rotatable bonds is 4. The predicted molar refractivity (Wildman–Crippen MR) is 116 cm³/mol. The molecule has 6 heteroatoms. The topological polar surface area (TPSA) is 66.8 Å². The fourth-order valence-corrected chi connectivity index (χ4v) is 4.02. The minimum atomic E-state index is -4.72. The average molecular weight is 428 g/mol. The van der Waals surface area contributed by atoms with Crippen LogP contribution < -0.4 is 29.6 Å². The molecular formula is C23H34NaO4P. The van der Waals surface area contributed by atoms with Gasteiger partial charge in [0.15, 0.2) is 0 Å². The summed E-state index contributed by atoms with van der Waals surface area (Å²) in [6.07, 6.45) is -0.856. The number of hydrogen-bond acceptors (Lipinski definition) is 2. The number of phosphoric acid groups is 1. The summed E-state index contributed by atoms with van der Waals surface area (Å²) in [5, 5.41) is 0. The Morgan fingerprint density at radius 1 is 0.828 bits per heavy atom. The maximum absolute atomic E-state index is 11.9. The van der Waals surface area contributed by atoms with Crippen LogP contribution in [0.25, 0.3) is 0 Å². The van der Waals surface area contributed by atoms with E-state index in [1.807, 2.05) is 38.1 Å². The molecule has 156 valence electrons. The monoisotopic (exact) mass is 428 g/mol. The molecule has 0 unspecified atom stereocenters. The van der Waals surface area contributed by atoms with Crippen LogP contribution >= 0.6 is 7.82 Å². The summed E-state index contributed by atoms with van der Waals surface area (Å²) in [5.41, 5.74) is 5.41. The molecule has 4 nitrogen and oxygen atoms in total. The summed E-state index contributed by atoms with van der Waals surface area (Å²) < 4.78 is 17.3. The molecule has 0 aliphatic carbocycles. The number of hydrogen-bond donors (Lipinski definition) is 2. The Balaban J connectivity index is 0.00000420. The average Bonchev–Trinajstić information content (AvgIpc) is 2.50. The van der Waals surface area contributed by atoms with Gasteiger partial charge in [-0.15, -0.1) is 0 Å². The number of phosphoric ester groups is 1. The fourth-order valence-electron chi connectivity index (χ4n) is 3.51. The van der Waals surface area contributed by atoms with Crippen LogP contribution in [0.2, 0.25) is 0 Å². The first-order chi connectivity index (χ1) is 12.6. The first kappa shape index (κ1) is 26.6. The van der Waals surface area contributed by atoms with Crippen molar-refractivity contribution < 1.29 is 49.9 Å². The molecule has 0 aliphatic heterocycles. The van der Waals surface area contributed by atoms with Gasteiger partial charge in [0, 0.05) is 0 Å². The molecule has 0 spiro atoms. The van der Waals surface area contributed by atoms with Gasteiger partial charge >= 0.3 is 37.4 Å². The van der Waals surface area contributed by atoms with E-state index >= 15 is 0 Å². The summed E-state index contributed by atoms with van der Waals surface area (Å²) in [7, 11) is -4.72. The summed E-state index contributed by atoms with van der Waals surface area (Å²) in [4.78, 5) is 19.4. The molecule has 0 radical (unpaired) electrons. The maximum atomic E-state index is 11.9. The van der Waals surface area contributed by atoms with Crippen LogP contribution in [-0.2, 0) is 19.9 Å². The molecule has 2 rings (SSSR count). The van der Waals surface area contributed by atoms with Crippen molar-refractivity contribution in [2.24, 2.45) is 0 Å².